The molecule has 2 N–H and O–H groups in total. The Morgan fingerprint density at radius 1 is 1.33 bits per heavy atom. The minimum Gasteiger partial charge on any atom is -0.338 e. The van der Waals surface area contributed by atoms with E-state index in [1.807, 2.05) is 4.90 Å². The highest BCUT2D eigenvalue weighted by Gasteiger charge is 2.37. The Kier molecular flexibility index (Phi) is 2.98. The molecule has 2 aliphatic heterocycles. The summed E-state index contributed by atoms with van der Waals surface area (Å²) in [7, 11) is 2.14. The molecule has 1 amide bonds. The Labute approximate surface area is 91.4 Å². The van der Waals surface area contributed by atoms with Crippen molar-refractivity contribution in [2.45, 2.75) is 31.8 Å². The fourth-order valence-electron chi connectivity index (χ4n) is 2.86. The van der Waals surface area contributed by atoms with Gasteiger partial charge in [0.2, 0.25) is 5.91 Å². The third kappa shape index (κ3) is 2.01. The number of piperidine rings is 1. The molecule has 2 fully saturated rings. The van der Waals surface area contributed by atoms with Crippen LogP contribution in [0.3, 0.4) is 0 Å². The topological polar surface area (TPSA) is 49.6 Å². The highest BCUT2D eigenvalue weighted by Crippen LogP contribution is 2.25. The number of amides is 1. The zero-order valence-electron chi connectivity index (χ0n) is 9.65. The first-order valence-corrected chi connectivity index (χ1v) is 5.84. The summed E-state index contributed by atoms with van der Waals surface area (Å²) in [5.41, 5.74) is 5.75. The highest BCUT2D eigenvalue weighted by molar-refractivity contribution is 5.84. The van der Waals surface area contributed by atoms with Crippen LogP contribution in [0.25, 0.3) is 0 Å². The molecule has 0 aromatic heterocycles. The van der Waals surface area contributed by atoms with Gasteiger partial charge in [0.15, 0.2) is 0 Å². The summed E-state index contributed by atoms with van der Waals surface area (Å²) >= 11 is 0. The van der Waals surface area contributed by atoms with E-state index >= 15 is 0 Å². The van der Waals surface area contributed by atoms with Crippen LogP contribution in [-0.2, 0) is 4.79 Å². The van der Waals surface area contributed by atoms with Gasteiger partial charge in [0.25, 0.3) is 0 Å². The Balaban J connectivity index is 2.02. The van der Waals surface area contributed by atoms with E-state index in [0.29, 0.717) is 12.0 Å². The molecular weight excluding hydrogens is 190 g/mol. The van der Waals surface area contributed by atoms with Crippen LogP contribution < -0.4 is 5.73 Å². The van der Waals surface area contributed by atoms with Gasteiger partial charge in [-0.25, -0.2) is 0 Å². The fourth-order valence-corrected chi connectivity index (χ4v) is 2.86. The van der Waals surface area contributed by atoms with Crippen molar-refractivity contribution in [3.05, 3.63) is 0 Å². The molecule has 4 nitrogen and oxygen atoms in total. The lowest BCUT2D eigenvalue weighted by Crippen LogP contribution is -2.50. The van der Waals surface area contributed by atoms with Gasteiger partial charge in [-0.2, -0.15) is 0 Å². The standard InChI is InChI=1S/C11H21N3O/c1-8-7-13(2)5-4-10(8)14-6-3-9(12)11(14)15/h8-10H,3-7,12H2,1-2H3. The molecule has 2 rings (SSSR count). The number of rotatable bonds is 1. The molecule has 15 heavy (non-hydrogen) atoms. The van der Waals surface area contributed by atoms with Crippen LogP contribution in [0, 0.1) is 5.92 Å². The SMILES string of the molecule is CC1CN(C)CCC1N1CCC(N)C1=O. The normalized spacial score (nSPS) is 38.7. The van der Waals surface area contributed by atoms with Crippen molar-refractivity contribution in [1.29, 1.82) is 0 Å². The molecule has 2 heterocycles. The summed E-state index contributed by atoms with van der Waals surface area (Å²) < 4.78 is 0. The van der Waals surface area contributed by atoms with Gasteiger partial charge in [0.05, 0.1) is 6.04 Å². The van der Waals surface area contributed by atoms with Crippen LogP contribution in [-0.4, -0.2) is 54.5 Å². The quantitative estimate of drug-likeness (QED) is 0.658. The summed E-state index contributed by atoms with van der Waals surface area (Å²) in [6.45, 7) is 5.27. The first-order chi connectivity index (χ1) is 7.09. The number of likely N-dealkylation sites (tertiary alicyclic amines) is 2. The summed E-state index contributed by atoms with van der Waals surface area (Å²) in [4.78, 5) is 16.2. The smallest absolute Gasteiger partial charge is 0.239 e. The van der Waals surface area contributed by atoms with Crippen LogP contribution >= 0.6 is 0 Å². The maximum absolute atomic E-state index is 11.8. The molecule has 4 heteroatoms. The van der Waals surface area contributed by atoms with E-state index < -0.39 is 0 Å². The molecule has 3 unspecified atom stereocenters. The molecule has 86 valence electrons. The van der Waals surface area contributed by atoms with Gasteiger partial charge in [-0.1, -0.05) is 6.92 Å². The summed E-state index contributed by atoms with van der Waals surface area (Å²) in [5.74, 6) is 0.731. The maximum Gasteiger partial charge on any atom is 0.239 e. The van der Waals surface area contributed by atoms with Gasteiger partial charge in [0.1, 0.15) is 0 Å². The van der Waals surface area contributed by atoms with Crippen LogP contribution in [0.15, 0.2) is 0 Å². The zero-order valence-corrected chi connectivity index (χ0v) is 9.65. The molecule has 0 saturated carbocycles. The number of hydrogen-bond donors (Lipinski definition) is 1. The van der Waals surface area contributed by atoms with Crippen molar-refractivity contribution in [1.82, 2.24) is 9.80 Å². The Morgan fingerprint density at radius 3 is 2.60 bits per heavy atom. The van der Waals surface area contributed by atoms with Crippen LogP contribution in [0.1, 0.15) is 19.8 Å². The van der Waals surface area contributed by atoms with Crippen LogP contribution in [0.4, 0.5) is 0 Å². The first kappa shape index (κ1) is 10.9. The summed E-state index contributed by atoms with van der Waals surface area (Å²) in [6, 6.07) is 0.180. The molecule has 0 aromatic carbocycles. The molecular formula is C11H21N3O. The Morgan fingerprint density at radius 2 is 2.07 bits per heavy atom. The lowest BCUT2D eigenvalue weighted by Gasteiger charge is -2.40. The molecule has 0 aliphatic carbocycles. The van der Waals surface area contributed by atoms with Gasteiger partial charge in [-0.3, -0.25) is 4.79 Å². The second kappa shape index (κ2) is 4.10. The van der Waals surface area contributed by atoms with E-state index in [0.717, 1.165) is 32.5 Å². The third-order valence-corrected chi connectivity index (χ3v) is 3.74. The van der Waals surface area contributed by atoms with Gasteiger partial charge in [0, 0.05) is 19.1 Å². The minimum atomic E-state index is -0.239. The van der Waals surface area contributed by atoms with Crippen LogP contribution in [0.2, 0.25) is 0 Å². The average molecular weight is 211 g/mol. The molecule has 0 bridgehead atoms. The predicted octanol–water partition coefficient (Wildman–Crippen LogP) is -0.114. The van der Waals surface area contributed by atoms with E-state index in [1.54, 1.807) is 0 Å². The largest absolute Gasteiger partial charge is 0.338 e. The van der Waals surface area contributed by atoms with Crippen molar-refractivity contribution in [3.63, 3.8) is 0 Å². The lowest BCUT2D eigenvalue weighted by atomic mass is 9.93. The number of hydrogen-bond acceptors (Lipinski definition) is 3. The van der Waals surface area contributed by atoms with Crippen molar-refractivity contribution < 1.29 is 4.79 Å². The molecule has 0 radical (unpaired) electrons. The number of carbonyl (C=O) groups excluding carboxylic acids is 1. The second-order valence-electron chi connectivity index (χ2n) is 5.02. The van der Waals surface area contributed by atoms with E-state index in [-0.39, 0.29) is 11.9 Å². The number of carbonyl (C=O) groups is 1. The monoisotopic (exact) mass is 211 g/mol. The second-order valence-corrected chi connectivity index (χ2v) is 5.02. The van der Waals surface area contributed by atoms with Gasteiger partial charge in [-0.15, -0.1) is 0 Å². The maximum atomic E-state index is 11.8. The van der Waals surface area contributed by atoms with Crippen molar-refractivity contribution in [2.75, 3.05) is 26.7 Å². The summed E-state index contributed by atoms with van der Waals surface area (Å²) in [5, 5.41) is 0. The molecule has 0 aromatic rings. The van der Waals surface area contributed by atoms with Crippen molar-refractivity contribution in [2.24, 2.45) is 11.7 Å². The van der Waals surface area contributed by atoms with Gasteiger partial charge >= 0.3 is 0 Å². The van der Waals surface area contributed by atoms with E-state index in [9.17, 15) is 4.79 Å². The molecule has 2 saturated heterocycles. The van der Waals surface area contributed by atoms with Crippen molar-refractivity contribution in [3.8, 4) is 0 Å². The highest BCUT2D eigenvalue weighted by atomic mass is 16.2. The minimum absolute atomic E-state index is 0.163. The Hall–Kier alpha value is -0.610. The fraction of sp³-hybridized carbons (Fsp3) is 0.909. The Bertz CT molecular complexity index is 256. The van der Waals surface area contributed by atoms with Crippen molar-refractivity contribution >= 4 is 5.91 Å². The van der Waals surface area contributed by atoms with Gasteiger partial charge in [-0.05, 0) is 32.4 Å². The molecule has 3 atom stereocenters. The molecule has 0 spiro atoms. The van der Waals surface area contributed by atoms with E-state index in [1.165, 1.54) is 0 Å². The average Bonchev–Trinajstić information content (AvgIpc) is 2.49. The predicted molar refractivity (Wildman–Crippen MR) is 59.4 cm³/mol. The van der Waals surface area contributed by atoms with E-state index in [2.05, 4.69) is 18.9 Å². The number of nitrogens with zero attached hydrogens (tertiary/aromatic N) is 2. The zero-order chi connectivity index (χ0) is 11.0. The van der Waals surface area contributed by atoms with E-state index in [4.69, 9.17) is 5.73 Å². The molecule has 2 aliphatic rings. The van der Waals surface area contributed by atoms with Crippen LogP contribution in [0.5, 0.6) is 0 Å². The summed E-state index contributed by atoms with van der Waals surface area (Å²) in [6.07, 6.45) is 1.92. The third-order valence-electron chi connectivity index (χ3n) is 3.74. The first-order valence-electron chi connectivity index (χ1n) is 5.84. The lowest BCUT2D eigenvalue weighted by molar-refractivity contribution is -0.132. The van der Waals surface area contributed by atoms with Gasteiger partial charge < -0.3 is 15.5 Å². The number of nitrogens with two attached hydrogens (primary N) is 1.